The topological polar surface area (TPSA) is 78.9 Å². The number of carbonyl (C=O) groups excluding carboxylic acids is 3. The number of unbranched alkanes of at least 4 members (excludes halogenated alkanes) is 16. The quantitative estimate of drug-likeness (QED) is 0.0338. The van der Waals surface area contributed by atoms with Crippen LogP contribution in [0.15, 0.2) is 24.3 Å². The number of carbonyl (C=O) groups is 3. The minimum absolute atomic E-state index is 0.0765. The Labute approximate surface area is 264 Å². The number of hydrogen-bond acceptors (Lipinski definition) is 6. The van der Waals surface area contributed by atoms with Crippen LogP contribution in [0.25, 0.3) is 0 Å². The van der Waals surface area contributed by atoms with Gasteiger partial charge in [-0.15, -0.1) is 0 Å². The minimum atomic E-state index is -0.763. The van der Waals surface area contributed by atoms with E-state index in [1.165, 1.54) is 51.4 Å². The Morgan fingerprint density at radius 3 is 1.35 bits per heavy atom. The molecular weight excluding hydrogens is 540 g/mol. The molecule has 1 unspecified atom stereocenters. The van der Waals surface area contributed by atoms with Crippen LogP contribution in [0.2, 0.25) is 0 Å². The van der Waals surface area contributed by atoms with Gasteiger partial charge in [0.15, 0.2) is 6.10 Å². The molecule has 6 heteroatoms. The van der Waals surface area contributed by atoms with Crippen molar-refractivity contribution in [2.24, 2.45) is 0 Å². The first kappa shape index (κ1) is 40.9. The maximum Gasteiger partial charge on any atom is 0.306 e. The lowest BCUT2D eigenvalue weighted by Gasteiger charge is -2.18. The van der Waals surface area contributed by atoms with Crippen LogP contribution in [0.5, 0.6) is 0 Å². The molecule has 0 aliphatic carbocycles. The maximum atomic E-state index is 12.4. The summed E-state index contributed by atoms with van der Waals surface area (Å²) in [5.41, 5.74) is 0. The van der Waals surface area contributed by atoms with Crippen LogP contribution in [0, 0.1) is 0 Å². The van der Waals surface area contributed by atoms with Gasteiger partial charge in [-0.3, -0.25) is 14.4 Å². The van der Waals surface area contributed by atoms with E-state index in [4.69, 9.17) is 14.2 Å². The van der Waals surface area contributed by atoms with E-state index in [9.17, 15) is 14.4 Å². The molecule has 6 nitrogen and oxygen atoms in total. The molecule has 0 heterocycles. The Hall–Kier alpha value is -2.11. The fraction of sp³-hybridized carbons (Fsp3) is 0.811. The van der Waals surface area contributed by atoms with Gasteiger partial charge in [0, 0.05) is 19.3 Å². The summed E-state index contributed by atoms with van der Waals surface area (Å²) in [6.45, 7) is 6.40. The molecule has 0 aliphatic rings. The van der Waals surface area contributed by atoms with Crippen LogP contribution >= 0.6 is 0 Å². The van der Waals surface area contributed by atoms with E-state index >= 15 is 0 Å². The van der Waals surface area contributed by atoms with Crippen molar-refractivity contribution < 1.29 is 28.6 Å². The molecule has 0 saturated heterocycles. The predicted octanol–water partition coefficient (Wildman–Crippen LogP) is 10.5. The summed E-state index contributed by atoms with van der Waals surface area (Å²) in [6, 6.07) is 0. The predicted molar refractivity (Wildman–Crippen MR) is 178 cm³/mol. The molecule has 0 aromatic rings. The molecule has 0 bridgehead atoms. The molecule has 43 heavy (non-hydrogen) atoms. The van der Waals surface area contributed by atoms with Gasteiger partial charge in [0.1, 0.15) is 13.2 Å². The van der Waals surface area contributed by atoms with Gasteiger partial charge in [-0.05, 0) is 44.9 Å². The van der Waals surface area contributed by atoms with Gasteiger partial charge in [-0.25, -0.2) is 0 Å². The van der Waals surface area contributed by atoms with Crippen LogP contribution in [-0.2, 0) is 28.6 Å². The normalized spacial score (nSPS) is 12.2. The molecular formula is C37H66O6. The van der Waals surface area contributed by atoms with Gasteiger partial charge >= 0.3 is 17.9 Å². The lowest BCUT2D eigenvalue weighted by atomic mass is 10.1. The Morgan fingerprint density at radius 1 is 0.465 bits per heavy atom. The number of esters is 3. The summed E-state index contributed by atoms with van der Waals surface area (Å²) in [6.07, 6.45) is 32.1. The summed E-state index contributed by atoms with van der Waals surface area (Å²) >= 11 is 0. The SMILES string of the molecule is CCCC/C=C\C/C=C\CCCCCCCC(=O)OCC(COC(=O)CCCCCCC)OC(=O)CCCCCCCC. The van der Waals surface area contributed by atoms with Crippen molar-refractivity contribution in [1.29, 1.82) is 0 Å². The van der Waals surface area contributed by atoms with E-state index in [0.717, 1.165) is 83.5 Å². The zero-order valence-corrected chi connectivity index (χ0v) is 28.2. The molecule has 0 radical (unpaired) electrons. The molecule has 0 aliphatic heterocycles. The molecule has 0 rings (SSSR count). The van der Waals surface area contributed by atoms with Crippen molar-refractivity contribution in [2.75, 3.05) is 13.2 Å². The molecule has 0 saturated carbocycles. The third kappa shape index (κ3) is 31.1. The fourth-order valence-corrected chi connectivity index (χ4v) is 4.69. The zero-order chi connectivity index (χ0) is 31.6. The van der Waals surface area contributed by atoms with Crippen LogP contribution in [0.3, 0.4) is 0 Å². The van der Waals surface area contributed by atoms with E-state index in [2.05, 4.69) is 45.1 Å². The van der Waals surface area contributed by atoms with Crippen molar-refractivity contribution in [1.82, 2.24) is 0 Å². The Kier molecular flexibility index (Phi) is 31.2. The molecule has 0 N–H and O–H groups in total. The van der Waals surface area contributed by atoms with E-state index in [-0.39, 0.29) is 31.1 Å². The van der Waals surface area contributed by atoms with Crippen LogP contribution < -0.4 is 0 Å². The van der Waals surface area contributed by atoms with Crippen molar-refractivity contribution >= 4 is 17.9 Å². The molecule has 0 spiro atoms. The van der Waals surface area contributed by atoms with Gasteiger partial charge in [0.2, 0.25) is 0 Å². The number of ether oxygens (including phenoxy) is 3. The maximum absolute atomic E-state index is 12.4. The first-order valence-electron chi connectivity index (χ1n) is 17.8. The van der Waals surface area contributed by atoms with E-state index in [1.807, 2.05) is 0 Å². The highest BCUT2D eigenvalue weighted by Gasteiger charge is 2.19. The van der Waals surface area contributed by atoms with Gasteiger partial charge in [-0.1, -0.05) is 135 Å². The summed E-state index contributed by atoms with van der Waals surface area (Å²) in [5, 5.41) is 0. The Balaban J connectivity index is 4.25. The van der Waals surface area contributed by atoms with Gasteiger partial charge < -0.3 is 14.2 Å². The third-order valence-electron chi connectivity index (χ3n) is 7.46. The molecule has 0 aromatic carbocycles. The second-order valence-corrected chi connectivity index (χ2v) is 11.8. The number of rotatable bonds is 31. The highest BCUT2D eigenvalue weighted by molar-refractivity contribution is 5.71. The Morgan fingerprint density at radius 2 is 0.860 bits per heavy atom. The highest BCUT2D eigenvalue weighted by atomic mass is 16.6. The second-order valence-electron chi connectivity index (χ2n) is 11.8. The van der Waals surface area contributed by atoms with Crippen molar-refractivity contribution in [2.45, 2.75) is 181 Å². The number of allylic oxidation sites excluding steroid dienone is 4. The van der Waals surface area contributed by atoms with Crippen molar-refractivity contribution in [3.63, 3.8) is 0 Å². The first-order valence-corrected chi connectivity index (χ1v) is 17.8. The first-order chi connectivity index (χ1) is 21.0. The van der Waals surface area contributed by atoms with Gasteiger partial charge in [0.25, 0.3) is 0 Å². The summed E-state index contributed by atoms with van der Waals surface area (Å²) in [4.78, 5) is 36.9. The zero-order valence-electron chi connectivity index (χ0n) is 28.2. The highest BCUT2D eigenvalue weighted by Crippen LogP contribution is 2.12. The van der Waals surface area contributed by atoms with Gasteiger partial charge in [0.05, 0.1) is 0 Å². The molecule has 0 fully saturated rings. The third-order valence-corrected chi connectivity index (χ3v) is 7.46. The molecule has 0 amide bonds. The minimum Gasteiger partial charge on any atom is -0.462 e. The van der Waals surface area contributed by atoms with E-state index < -0.39 is 6.10 Å². The standard InChI is InChI=1S/C37H66O6/c1-4-7-10-13-15-16-17-18-19-20-21-22-25-27-30-36(39)42-33-34(32-41-35(38)29-26-23-12-9-6-3)43-37(40)31-28-24-14-11-8-5-2/h13,15,17-18,34H,4-12,14,16,19-33H2,1-3H3/b15-13-,18-17-. The van der Waals surface area contributed by atoms with E-state index in [0.29, 0.717) is 19.3 Å². The molecule has 1 atom stereocenters. The van der Waals surface area contributed by atoms with E-state index in [1.54, 1.807) is 0 Å². The largest absolute Gasteiger partial charge is 0.462 e. The van der Waals surface area contributed by atoms with Crippen LogP contribution in [0.4, 0.5) is 0 Å². The van der Waals surface area contributed by atoms with Crippen LogP contribution in [0.1, 0.15) is 175 Å². The smallest absolute Gasteiger partial charge is 0.306 e. The summed E-state index contributed by atoms with van der Waals surface area (Å²) in [5.74, 6) is -0.922. The average molecular weight is 607 g/mol. The number of hydrogen-bond donors (Lipinski definition) is 0. The van der Waals surface area contributed by atoms with Crippen molar-refractivity contribution in [3.05, 3.63) is 24.3 Å². The second kappa shape index (κ2) is 32.8. The lowest BCUT2D eigenvalue weighted by molar-refractivity contribution is -0.167. The van der Waals surface area contributed by atoms with Crippen molar-refractivity contribution in [3.8, 4) is 0 Å². The average Bonchev–Trinajstić information content (AvgIpc) is 3.00. The summed E-state index contributed by atoms with van der Waals surface area (Å²) in [7, 11) is 0. The summed E-state index contributed by atoms with van der Waals surface area (Å²) < 4.78 is 16.4. The van der Waals surface area contributed by atoms with Crippen LogP contribution in [-0.4, -0.2) is 37.2 Å². The Bertz CT molecular complexity index is 714. The molecule has 250 valence electrons. The fourth-order valence-electron chi connectivity index (χ4n) is 4.69. The van der Waals surface area contributed by atoms with Gasteiger partial charge in [-0.2, -0.15) is 0 Å². The molecule has 0 aromatic heterocycles. The lowest BCUT2D eigenvalue weighted by Crippen LogP contribution is -2.30. The monoisotopic (exact) mass is 606 g/mol.